The summed E-state index contributed by atoms with van der Waals surface area (Å²) in [5.74, 6) is -3.81. The lowest BCUT2D eigenvalue weighted by Crippen LogP contribution is -2.24. The predicted octanol–water partition coefficient (Wildman–Crippen LogP) is 8.06. The molecule has 4 aromatic rings. The molecular formula is C36H30F6N2O6. The van der Waals surface area contributed by atoms with Gasteiger partial charge in [-0.3, -0.25) is 14.4 Å². The van der Waals surface area contributed by atoms with E-state index in [4.69, 9.17) is 4.74 Å². The average Bonchev–Trinajstić information content (AvgIpc) is 3.07. The zero-order valence-corrected chi connectivity index (χ0v) is 26.9. The average molecular weight is 701 g/mol. The third kappa shape index (κ3) is 9.07. The Bertz CT molecular complexity index is 1900. The first kappa shape index (κ1) is 37.2. The Hall–Kier alpha value is -5.66. The van der Waals surface area contributed by atoms with Crippen LogP contribution in [0.2, 0.25) is 0 Å². The molecule has 262 valence electrons. The highest BCUT2D eigenvalue weighted by Crippen LogP contribution is 2.37. The minimum Gasteiger partial charge on any atom is -0.465 e. The zero-order chi connectivity index (χ0) is 36.8. The van der Waals surface area contributed by atoms with Crippen molar-refractivity contribution in [1.82, 2.24) is 4.90 Å². The van der Waals surface area contributed by atoms with Gasteiger partial charge in [-0.15, -0.1) is 0 Å². The number of halogens is 6. The van der Waals surface area contributed by atoms with Gasteiger partial charge in [0.25, 0.3) is 11.8 Å². The topological polar surface area (TPSA) is 102 Å². The molecule has 0 unspecified atom stereocenters. The van der Waals surface area contributed by atoms with Crippen LogP contribution in [0, 0.1) is 0 Å². The van der Waals surface area contributed by atoms with E-state index in [1.165, 1.54) is 49.3 Å². The van der Waals surface area contributed by atoms with Crippen molar-refractivity contribution >= 4 is 29.4 Å². The zero-order valence-electron chi connectivity index (χ0n) is 26.9. The minimum atomic E-state index is -4.92. The van der Waals surface area contributed by atoms with E-state index >= 15 is 0 Å². The van der Waals surface area contributed by atoms with E-state index < -0.39 is 53.0 Å². The molecule has 0 aromatic heterocycles. The van der Waals surface area contributed by atoms with Crippen LogP contribution >= 0.6 is 0 Å². The molecule has 0 spiro atoms. The number of alkyl halides is 6. The SMILES string of the molecule is COC(=O)c1ccc(OC(=O)CCCc2ccc(NC(=O)c3ccccc3-c3ccc(C(F)(F)F)cc3)c(C(=O)N(C)C)c2)c(C(F)(F)F)c1. The predicted molar refractivity (Wildman–Crippen MR) is 171 cm³/mol. The van der Waals surface area contributed by atoms with E-state index in [1.807, 2.05) is 0 Å². The number of methoxy groups -OCH3 is 1. The Kier molecular flexibility index (Phi) is 11.3. The molecule has 14 heteroatoms. The van der Waals surface area contributed by atoms with Gasteiger partial charge in [-0.05, 0) is 78.1 Å². The van der Waals surface area contributed by atoms with E-state index in [0.717, 1.165) is 31.4 Å². The molecule has 0 saturated heterocycles. The highest BCUT2D eigenvalue weighted by atomic mass is 19.4. The monoisotopic (exact) mass is 700 g/mol. The van der Waals surface area contributed by atoms with Crippen LogP contribution in [0.1, 0.15) is 60.6 Å². The molecule has 8 nitrogen and oxygen atoms in total. The summed E-state index contributed by atoms with van der Waals surface area (Å²) >= 11 is 0. The maximum atomic E-state index is 13.6. The van der Waals surface area contributed by atoms with Crippen LogP contribution in [0.5, 0.6) is 5.75 Å². The van der Waals surface area contributed by atoms with Crippen molar-refractivity contribution in [2.24, 2.45) is 0 Å². The van der Waals surface area contributed by atoms with E-state index in [9.17, 15) is 45.5 Å². The molecule has 2 amide bonds. The maximum absolute atomic E-state index is 13.6. The van der Waals surface area contributed by atoms with Crippen molar-refractivity contribution in [3.05, 3.63) is 118 Å². The van der Waals surface area contributed by atoms with Crippen LogP contribution in [-0.4, -0.2) is 49.9 Å². The highest BCUT2D eigenvalue weighted by molar-refractivity contribution is 6.11. The molecule has 4 aromatic carbocycles. The Labute approximate surface area is 282 Å². The van der Waals surface area contributed by atoms with Crippen molar-refractivity contribution < 1.29 is 55.0 Å². The van der Waals surface area contributed by atoms with Crippen LogP contribution in [-0.2, 0) is 28.3 Å². The van der Waals surface area contributed by atoms with Gasteiger partial charge >= 0.3 is 24.3 Å². The van der Waals surface area contributed by atoms with E-state index in [2.05, 4.69) is 10.1 Å². The fraction of sp³-hybridized carbons (Fsp3) is 0.222. The molecular weight excluding hydrogens is 670 g/mol. The molecule has 0 radical (unpaired) electrons. The Morgan fingerprint density at radius 3 is 2.08 bits per heavy atom. The van der Waals surface area contributed by atoms with Crippen molar-refractivity contribution in [1.29, 1.82) is 0 Å². The number of amides is 2. The summed E-state index contributed by atoms with van der Waals surface area (Å²) in [6.45, 7) is 0. The number of anilines is 1. The summed E-state index contributed by atoms with van der Waals surface area (Å²) in [5.41, 5.74) is -0.818. The van der Waals surface area contributed by atoms with E-state index in [1.54, 1.807) is 24.3 Å². The summed E-state index contributed by atoms with van der Waals surface area (Å²) in [6, 6.07) is 17.7. The summed E-state index contributed by atoms with van der Waals surface area (Å²) < 4.78 is 89.4. The standard InChI is InChI=1S/C36H30F6N2O6/c1-44(2)33(47)27-19-21(7-6-10-31(45)50-30-18-14-23(34(48)49-3)20-28(30)36(40,41)42)11-17-29(27)43-32(46)26-9-5-4-8-25(26)22-12-15-24(16-13-22)35(37,38)39/h4-5,8-9,11-20H,6-7,10H2,1-3H3,(H,43,46). The van der Waals surface area contributed by atoms with Crippen LogP contribution in [0.15, 0.2) is 84.9 Å². The largest absolute Gasteiger partial charge is 0.465 e. The molecule has 50 heavy (non-hydrogen) atoms. The molecule has 0 atom stereocenters. The molecule has 1 N–H and O–H groups in total. The van der Waals surface area contributed by atoms with Crippen molar-refractivity contribution in [3.63, 3.8) is 0 Å². The highest BCUT2D eigenvalue weighted by Gasteiger charge is 2.36. The first-order valence-corrected chi connectivity index (χ1v) is 14.9. The van der Waals surface area contributed by atoms with Crippen LogP contribution < -0.4 is 10.1 Å². The van der Waals surface area contributed by atoms with Gasteiger partial charge in [0.2, 0.25) is 0 Å². The molecule has 0 aliphatic heterocycles. The second-order valence-corrected chi connectivity index (χ2v) is 11.2. The Balaban J connectivity index is 1.49. The first-order valence-electron chi connectivity index (χ1n) is 14.9. The van der Waals surface area contributed by atoms with E-state index in [-0.39, 0.29) is 41.6 Å². The number of esters is 2. The summed E-state index contributed by atoms with van der Waals surface area (Å²) in [4.78, 5) is 52.0. The summed E-state index contributed by atoms with van der Waals surface area (Å²) in [6.07, 6.45) is -9.39. The number of ether oxygens (including phenoxy) is 2. The molecule has 0 fully saturated rings. The van der Waals surface area contributed by atoms with Crippen LogP contribution in [0.4, 0.5) is 32.0 Å². The second kappa shape index (κ2) is 15.3. The fourth-order valence-corrected chi connectivity index (χ4v) is 4.93. The molecule has 0 aliphatic carbocycles. The van der Waals surface area contributed by atoms with Gasteiger partial charge in [-0.1, -0.05) is 36.4 Å². The number of carbonyl (C=O) groups is 4. The number of hydrogen-bond acceptors (Lipinski definition) is 6. The lowest BCUT2D eigenvalue weighted by Gasteiger charge is -2.17. The quantitative estimate of drug-likeness (QED) is 0.102. The lowest BCUT2D eigenvalue weighted by molar-refractivity contribution is -0.142. The third-order valence-corrected chi connectivity index (χ3v) is 7.44. The van der Waals surface area contributed by atoms with Gasteiger partial charge in [-0.2, -0.15) is 26.3 Å². The number of nitrogens with one attached hydrogen (secondary N) is 1. The van der Waals surface area contributed by atoms with Crippen molar-refractivity contribution in [2.45, 2.75) is 31.6 Å². The number of nitrogens with zero attached hydrogens (tertiary/aromatic N) is 1. The number of benzene rings is 4. The first-order chi connectivity index (χ1) is 23.5. The Morgan fingerprint density at radius 2 is 1.46 bits per heavy atom. The number of aryl methyl sites for hydroxylation is 1. The number of carbonyl (C=O) groups excluding carboxylic acids is 4. The van der Waals surface area contributed by atoms with Crippen molar-refractivity contribution in [2.75, 3.05) is 26.5 Å². The molecule has 0 aliphatic rings. The number of hydrogen-bond donors (Lipinski definition) is 1. The molecule has 0 heterocycles. The van der Waals surface area contributed by atoms with Crippen molar-refractivity contribution in [3.8, 4) is 16.9 Å². The Morgan fingerprint density at radius 1 is 0.780 bits per heavy atom. The third-order valence-electron chi connectivity index (χ3n) is 7.44. The second-order valence-electron chi connectivity index (χ2n) is 11.2. The minimum absolute atomic E-state index is 0.107. The normalized spacial score (nSPS) is 11.5. The summed E-state index contributed by atoms with van der Waals surface area (Å²) in [5, 5.41) is 2.71. The molecule has 0 bridgehead atoms. The van der Waals surface area contributed by atoms with Crippen LogP contribution in [0.25, 0.3) is 11.1 Å². The van der Waals surface area contributed by atoms with Crippen LogP contribution in [0.3, 0.4) is 0 Å². The smallest absolute Gasteiger partial charge is 0.420 e. The lowest BCUT2D eigenvalue weighted by atomic mass is 9.97. The van der Waals surface area contributed by atoms with E-state index in [0.29, 0.717) is 22.8 Å². The molecule has 0 saturated carbocycles. The van der Waals surface area contributed by atoms with Gasteiger partial charge in [0.05, 0.1) is 35.1 Å². The fourth-order valence-electron chi connectivity index (χ4n) is 4.93. The maximum Gasteiger partial charge on any atom is 0.420 e. The van der Waals surface area contributed by atoms with Gasteiger partial charge in [0, 0.05) is 26.1 Å². The van der Waals surface area contributed by atoms with Gasteiger partial charge in [0.1, 0.15) is 5.75 Å². The number of rotatable bonds is 10. The van der Waals surface area contributed by atoms with Gasteiger partial charge < -0.3 is 19.7 Å². The van der Waals surface area contributed by atoms with Gasteiger partial charge in [0.15, 0.2) is 0 Å². The molecule has 4 rings (SSSR count). The van der Waals surface area contributed by atoms with Gasteiger partial charge in [-0.25, -0.2) is 4.79 Å². The summed E-state index contributed by atoms with van der Waals surface area (Å²) in [7, 11) is 4.02.